The van der Waals surface area contributed by atoms with E-state index in [0.717, 1.165) is 0 Å². The minimum absolute atomic E-state index is 0.374. The molecule has 0 aliphatic heterocycles. The molecule has 40 valence electrons. The predicted octanol–water partition coefficient (Wildman–Crippen LogP) is 1.72. The van der Waals surface area contributed by atoms with Crippen LogP contribution in [-0.4, -0.2) is 4.98 Å². The van der Waals surface area contributed by atoms with Crippen LogP contribution in [0.15, 0.2) is 30.8 Å². The third kappa shape index (κ3) is 0.936. The summed E-state index contributed by atoms with van der Waals surface area (Å²) in [4.78, 5) is 3.44. The molecular formula is C7H7N. The molecule has 0 aromatic carbocycles. The van der Waals surface area contributed by atoms with Gasteiger partial charge in [0.25, 0.3) is 0 Å². The van der Waals surface area contributed by atoms with E-state index in [0.29, 0.717) is 0 Å². The van der Waals surface area contributed by atoms with Crippen molar-refractivity contribution in [3.05, 3.63) is 36.5 Å². The Hall–Kier alpha value is -1.11. The van der Waals surface area contributed by atoms with Gasteiger partial charge in [0.1, 0.15) is 0 Å². The number of hydrogen-bond acceptors (Lipinski definition) is 1. The molecule has 0 radical (unpaired) electrons. The summed E-state index contributed by atoms with van der Waals surface area (Å²) < 4.78 is 50.1. The second kappa shape index (κ2) is 2.26. The molecule has 0 saturated heterocycles. The van der Waals surface area contributed by atoms with Crippen LogP contribution in [0, 0.1) is 0 Å². The zero-order valence-electron chi connectivity index (χ0n) is 10.9. The zero-order valence-corrected chi connectivity index (χ0v) is 3.95. The van der Waals surface area contributed by atoms with Gasteiger partial charge in [-0.1, -0.05) is 12.6 Å². The van der Waals surface area contributed by atoms with Crippen LogP contribution in [0.3, 0.4) is 0 Å². The van der Waals surface area contributed by atoms with Crippen LogP contribution in [0.2, 0.25) is 0 Å². The molecule has 1 aromatic rings. The number of nitrogens with zero attached hydrogens (tertiary/aromatic N) is 1. The summed E-state index contributed by atoms with van der Waals surface area (Å²) in [5, 5.41) is 0. The lowest BCUT2D eigenvalue weighted by atomic mass is 10.4. The van der Waals surface area contributed by atoms with Crippen molar-refractivity contribution in [2.45, 2.75) is 0 Å². The molecule has 0 saturated carbocycles. The number of hydrogen-bond donors (Lipinski definition) is 0. The van der Waals surface area contributed by atoms with Crippen molar-refractivity contribution in [1.82, 2.24) is 4.98 Å². The first-order valence-corrected chi connectivity index (χ1v) is 1.95. The lowest BCUT2D eigenvalue weighted by molar-refractivity contribution is 1.30. The van der Waals surface area contributed by atoms with E-state index in [4.69, 9.17) is 9.60 Å². The van der Waals surface area contributed by atoms with Crippen LogP contribution in [0.25, 0.3) is 6.05 Å². The minimum atomic E-state index is -0.840. The van der Waals surface area contributed by atoms with Gasteiger partial charge < -0.3 is 0 Å². The Morgan fingerprint density at radius 1 is 2.00 bits per heavy atom. The molecular weight excluding hydrogens is 98.1 g/mol. The van der Waals surface area contributed by atoms with E-state index < -0.39 is 36.9 Å². The molecule has 0 aliphatic rings. The van der Waals surface area contributed by atoms with Gasteiger partial charge in [-0.15, -0.1) is 0 Å². The van der Waals surface area contributed by atoms with Crippen LogP contribution in [0.1, 0.15) is 15.3 Å². The standard InChI is InChI=1S/C7H7N/c1-2-7-5-3-4-6-8-7/h2-6H,1H2/i1D2,2D,3D,4D,5D,6D. The third-order valence-electron chi connectivity index (χ3n) is 0.585. The Morgan fingerprint density at radius 3 is 3.88 bits per heavy atom. The average Bonchev–Trinajstić information content (AvgIpc) is 2.19. The summed E-state index contributed by atoms with van der Waals surface area (Å²) in [6.07, 6.45) is -0.531. The van der Waals surface area contributed by atoms with Crippen molar-refractivity contribution in [1.29, 1.82) is 0 Å². The average molecular weight is 112 g/mol. The molecule has 1 aromatic heterocycles. The summed E-state index contributed by atoms with van der Waals surface area (Å²) in [7, 11) is 0. The quantitative estimate of drug-likeness (QED) is 0.539. The molecule has 1 rings (SSSR count). The normalized spacial score (nSPS) is 20.2. The maximum Gasteiger partial charge on any atom is 0.0840 e. The van der Waals surface area contributed by atoms with Crippen LogP contribution < -0.4 is 0 Å². The summed E-state index contributed by atoms with van der Waals surface area (Å²) in [6.45, 7) is -0.840. The van der Waals surface area contributed by atoms with Crippen molar-refractivity contribution in [2.24, 2.45) is 0 Å². The highest BCUT2D eigenvalue weighted by Crippen LogP contribution is 1.91. The molecule has 1 heteroatoms. The van der Waals surface area contributed by atoms with Crippen LogP contribution in [0.5, 0.6) is 0 Å². The molecule has 0 atom stereocenters. The Bertz CT molecular complexity index is 435. The zero-order chi connectivity index (χ0) is 11.7. The molecule has 8 heavy (non-hydrogen) atoms. The van der Waals surface area contributed by atoms with E-state index >= 15 is 0 Å². The first kappa shape index (κ1) is 1.24. The highest BCUT2D eigenvalue weighted by molar-refractivity contribution is 5.40. The Labute approximate surface area is 58.5 Å². The van der Waals surface area contributed by atoms with E-state index in [9.17, 15) is 0 Å². The van der Waals surface area contributed by atoms with E-state index in [2.05, 4.69) is 4.98 Å². The van der Waals surface area contributed by atoms with Gasteiger partial charge in [0.15, 0.2) is 0 Å². The molecule has 0 aliphatic carbocycles. The van der Waals surface area contributed by atoms with Crippen molar-refractivity contribution < 1.29 is 9.60 Å². The molecule has 0 fully saturated rings. The van der Waals surface area contributed by atoms with Gasteiger partial charge in [0.2, 0.25) is 0 Å². The van der Waals surface area contributed by atoms with Gasteiger partial charge in [-0.2, -0.15) is 0 Å². The highest BCUT2D eigenvalue weighted by Gasteiger charge is 1.77. The smallest absolute Gasteiger partial charge is 0.0840 e. The van der Waals surface area contributed by atoms with Gasteiger partial charge in [-0.3, -0.25) is 4.98 Å². The van der Waals surface area contributed by atoms with E-state index in [-0.39, 0.29) is 5.69 Å². The van der Waals surface area contributed by atoms with Gasteiger partial charge >= 0.3 is 0 Å². The monoisotopic (exact) mass is 112 g/mol. The topological polar surface area (TPSA) is 12.9 Å². The molecule has 0 spiro atoms. The third-order valence-corrected chi connectivity index (χ3v) is 0.585. The predicted molar refractivity (Wildman–Crippen MR) is 34.3 cm³/mol. The van der Waals surface area contributed by atoms with Gasteiger partial charge in [-0.25, -0.2) is 0 Å². The maximum atomic E-state index is 7.38. The van der Waals surface area contributed by atoms with Crippen molar-refractivity contribution in [3.8, 4) is 0 Å². The fraction of sp³-hybridized carbons (Fsp3) is 0. The second-order valence-electron chi connectivity index (χ2n) is 1.07. The highest BCUT2D eigenvalue weighted by atomic mass is 14.6. The van der Waals surface area contributed by atoms with Gasteiger partial charge in [-0.05, 0) is 18.1 Å². The van der Waals surface area contributed by atoms with Crippen LogP contribution >= 0.6 is 0 Å². The van der Waals surface area contributed by atoms with Crippen molar-refractivity contribution in [3.63, 3.8) is 0 Å². The Kier molecular flexibility index (Phi) is 0.350. The van der Waals surface area contributed by atoms with E-state index in [1.165, 1.54) is 0 Å². The first-order valence-electron chi connectivity index (χ1n) is 5.45. The van der Waals surface area contributed by atoms with Crippen LogP contribution in [0.4, 0.5) is 0 Å². The fourth-order valence-electron chi connectivity index (χ4n) is 0.289. The lowest BCUT2D eigenvalue weighted by Crippen LogP contribution is -1.73. The summed E-state index contributed by atoms with van der Waals surface area (Å²) >= 11 is 0. The molecule has 0 amide bonds. The molecule has 0 unspecified atom stereocenters. The molecule has 1 heterocycles. The van der Waals surface area contributed by atoms with Crippen LogP contribution in [-0.2, 0) is 0 Å². The fourth-order valence-corrected chi connectivity index (χ4v) is 0.289. The second-order valence-corrected chi connectivity index (χ2v) is 1.07. The first-order chi connectivity index (χ1) is 6.86. The minimum Gasteiger partial charge on any atom is -0.257 e. The van der Waals surface area contributed by atoms with Crippen molar-refractivity contribution in [2.75, 3.05) is 0 Å². The SMILES string of the molecule is [2H]C([2H])=C([2H])c1nc([2H])c([2H])c([2H])c1[2H]. The van der Waals surface area contributed by atoms with Gasteiger partial charge in [0.05, 0.1) is 15.3 Å². The number of pyridine rings is 1. The molecule has 1 nitrogen and oxygen atoms in total. The number of rotatable bonds is 1. The molecule has 0 bridgehead atoms. The Balaban J connectivity index is 3.53. The van der Waals surface area contributed by atoms with Crippen molar-refractivity contribution >= 4 is 6.05 Å². The van der Waals surface area contributed by atoms with E-state index in [1.54, 1.807) is 0 Å². The summed E-state index contributed by atoms with van der Waals surface area (Å²) in [5.74, 6) is 0. The largest absolute Gasteiger partial charge is 0.257 e. The summed E-state index contributed by atoms with van der Waals surface area (Å²) in [6, 6.07) is -2.14. The molecule has 0 N–H and O–H groups in total. The van der Waals surface area contributed by atoms with E-state index in [1.807, 2.05) is 0 Å². The number of aromatic nitrogens is 1. The Morgan fingerprint density at radius 2 is 3.00 bits per heavy atom. The lowest BCUT2D eigenvalue weighted by Gasteiger charge is -1.84. The maximum absolute atomic E-state index is 7.38. The van der Waals surface area contributed by atoms with Gasteiger partial charge in [0, 0.05) is 6.17 Å². The summed E-state index contributed by atoms with van der Waals surface area (Å²) in [5.41, 5.74) is -0.374.